The highest BCUT2D eigenvalue weighted by molar-refractivity contribution is 5.95. The van der Waals surface area contributed by atoms with Crippen LogP contribution in [0.3, 0.4) is 0 Å². The number of benzene rings is 2. The number of ether oxygens (including phenoxy) is 1. The van der Waals surface area contributed by atoms with Crippen LogP contribution in [-0.2, 0) is 20.7 Å². The Labute approximate surface area is 171 Å². The van der Waals surface area contributed by atoms with E-state index in [0.29, 0.717) is 12.0 Å². The largest absolute Gasteiger partial charge is 0.455 e. The maximum absolute atomic E-state index is 12.1. The summed E-state index contributed by atoms with van der Waals surface area (Å²) in [5.41, 5.74) is 7.02. The Morgan fingerprint density at radius 2 is 1.55 bits per heavy atom. The second kappa shape index (κ2) is 11.5. The third-order valence-electron chi connectivity index (χ3n) is 4.40. The van der Waals surface area contributed by atoms with E-state index in [-0.39, 0.29) is 6.42 Å². The molecule has 0 aliphatic rings. The summed E-state index contributed by atoms with van der Waals surface area (Å²) in [6.45, 7) is 5.43. The summed E-state index contributed by atoms with van der Waals surface area (Å²) in [7, 11) is 0. The molecular weight excluding hydrogens is 370 g/mol. The number of amides is 2. The van der Waals surface area contributed by atoms with Crippen LogP contribution < -0.4 is 15.8 Å². The molecule has 2 rings (SSSR count). The number of carbonyl (C=O) groups excluding carboxylic acids is 3. The van der Waals surface area contributed by atoms with Crippen LogP contribution >= 0.6 is 0 Å². The van der Waals surface area contributed by atoms with E-state index in [1.54, 1.807) is 12.1 Å². The summed E-state index contributed by atoms with van der Waals surface area (Å²) >= 11 is 0. The number of hydrogen-bond acceptors (Lipinski definition) is 5. The molecule has 0 aromatic heterocycles. The van der Waals surface area contributed by atoms with Crippen molar-refractivity contribution < 1.29 is 19.1 Å². The van der Waals surface area contributed by atoms with Gasteiger partial charge in [0.25, 0.3) is 11.8 Å². The predicted molar refractivity (Wildman–Crippen MR) is 111 cm³/mol. The maximum atomic E-state index is 12.1. The Kier molecular flexibility index (Phi) is 8.69. The number of nitrogens with one attached hydrogen (secondary N) is 2. The molecule has 2 aromatic carbocycles. The van der Waals surface area contributed by atoms with Crippen LogP contribution in [-0.4, -0.2) is 37.5 Å². The average Bonchev–Trinajstić information content (AvgIpc) is 2.76. The molecule has 0 spiro atoms. The highest BCUT2D eigenvalue weighted by atomic mass is 16.5. The molecule has 29 heavy (non-hydrogen) atoms. The Morgan fingerprint density at radius 1 is 0.897 bits per heavy atom. The number of hydrazine groups is 1. The van der Waals surface area contributed by atoms with Crippen molar-refractivity contribution in [2.24, 2.45) is 0 Å². The van der Waals surface area contributed by atoms with Crippen LogP contribution in [0, 0.1) is 0 Å². The maximum Gasteiger partial charge on any atom is 0.306 e. The molecule has 0 radical (unpaired) electrons. The third kappa shape index (κ3) is 7.29. The number of nitrogens with zero attached hydrogens (tertiary/aromatic N) is 1. The monoisotopic (exact) mass is 397 g/mol. The van der Waals surface area contributed by atoms with Gasteiger partial charge in [-0.05, 0) is 50.1 Å². The molecule has 7 heteroatoms. The lowest BCUT2D eigenvalue weighted by Crippen LogP contribution is -2.43. The summed E-state index contributed by atoms with van der Waals surface area (Å²) in [4.78, 5) is 37.8. The van der Waals surface area contributed by atoms with Gasteiger partial charge in [0, 0.05) is 30.8 Å². The van der Waals surface area contributed by atoms with Gasteiger partial charge in [-0.2, -0.15) is 0 Å². The van der Waals surface area contributed by atoms with E-state index < -0.39 is 24.4 Å². The molecule has 0 bridgehead atoms. The fourth-order valence-corrected chi connectivity index (χ4v) is 2.76. The molecular formula is C22H27N3O4. The minimum Gasteiger partial charge on any atom is -0.455 e. The van der Waals surface area contributed by atoms with Gasteiger partial charge in [-0.15, -0.1) is 0 Å². The predicted octanol–water partition coefficient (Wildman–Crippen LogP) is 2.47. The van der Waals surface area contributed by atoms with Crippen LogP contribution in [0.4, 0.5) is 5.69 Å². The molecule has 7 nitrogen and oxygen atoms in total. The zero-order chi connectivity index (χ0) is 21.1. The van der Waals surface area contributed by atoms with Crippen LogP contribution in [0.25, 0.3) is 0 Å². The number of esters is 1. The molecule has 0 fully saturated rings. The first-order valence-corrected chi connectivity index (χ1v) is 9.67. The third-order valence-corrected chi connectivity index (χ3v) is 4.40. The molecule has 154 valence electrons. The van der Waals surface area contributed by atoms with Gasteiger partial charge >= 0.3 is 5.97 Å². The van der Waals surface area contributed by atoms with Crippen LogP contribution in [0.1, 0.15) is 36.2 Å². The van der Waals surface area contributed by atoms with Crippen molar-refractivity contribution in [2.75, 3.05) is 24.6 Å². The summed E-state index contributed by atoms with van der Waals surface area (Å²) in [6.07, 6.45) is 0.726. The molecule has 0 saturated carbocycles. The average molecular weight is 397 g/mol. The van der Waals surface area contributed by atoms with Gasteiger partial charge in [0.05, 0.1) is 0 Å². The van der Waals surface area contributed by atoms with Gasteiger partial charge < -0.3 is 9.64 Å². The van der Waals surface area contributed by atoms with E-state index in [9.17, 15) is 14.4 Å². The second-order valence-electron chi connectivity index (χ2n) is 6.37. The fourth-order valence-electron chi connectivity index (χ4n) is 2.76. The summed E-state index contributed by atoms with van der Waals surface area (Å²) in [5.74, 6) is -1.52. The first-order chi connectivity index (χ1) is 14.0. The minimum atomic E-state index is -0.605. The Hall–Kier alpha value is -3.35. The molecule has 0 saturated heterocycles. The Bertz CT molecular complexity index is 803. The van der Waals surface area contributed by atoms with Gasteiger partial charge in [-0.1, -0.05) is 30.3 Å². The molecule has 2 N–H and O–H groups in total. The number of hydrogen-bond donors (Lipinski definition) is 2. The SMILES string of the molecule is CCN(CC)c1ccc(C(=O)NNC(=O)COC(=O)CCc2ccccc2)cc1. The van der Waals surface area contributed by atoms with Crippen molar-refractivity contribution in [1.29, 1.82) is 0 Å². The van der Waals surface area contributed by atoms with Crippen molar-refractivity contribution in [1.82, 2.24) is 10.9 Å². The minimum absolute atomic E-state index is 0.183. The van der Waals surface area contributed by atoms with Crippen molar-refractivity contribution >= 4 is 23.5 Å². The fraction of sp³-hybridized carbons (Fsp3) is 0.318. The van der Waals surface area contributed by atoms with E-state index in [4.69, 9.17) is 4.74 Å². The first-order valence-electron chi connectivity index (χ1n) is 9.67. The number of rotatable bonds is 9. The summed E-state index contributed by atoms with van der Waals surface area (Å²) < 4.78 is 4.92. The standard InChI is InChI=1S/C22H27N3O4/c1-3-25(4-2)19-13-11-18(12-14-19)22(28)24-23-20(26)16-29-21(27)15-10-17-8-6-5-7-9-17/h5-9,11-14H,3-4,10,15-16H2,1-2H3,(H,23,26)(H,24,28). The number of carbonyl (C=O) groups is 3. The van der Waals surface area contributed by atoms with Gasteiger partial charge in [0.2, 0.25) is 0 Å². The lowest BCUT2D eigenvalue weighted by atomic mass is 10.1. The van der Waals surface area contributed by atoms with Crippen LogP contribution in [0.2, 0.25) is 0 Å². The first kappa shape index (κ1) is 21.9. The van der Waals surface area contributed by atoms with Gasteiger partial charge in [0.15, 0.2) is 6.61 Å². The lowest BCUT2D eigenvalue weighted by Gasteiger charge is -2.21. The highest BCUT2D eigenvalue weighted by Gasteiger charge is 2.11. The van der Waals surface area contributed by atoms with E-state index in [1.165, 1.54) is 0 Å². The molecule has 0 heterocycles. The highest BCUT2D eigenvalue weighted by Crippen LogP contribution is 2.14. The van der Waals surface area contributed by atoms with E-state index in [2.05, 4.69) is 29.6 Å². The molecule has 2 amide bonds. The number of anilines is 1. The second-order valence-corrected chi connectivity index (χ2v) is 6.37. The van der Waals surface area contributed by atoms with Crippen molar-refractivity contribution in [3.63, 3.8) is 0 Å². The summed E-state index contributed by atoms with van der Waals surface area (Å²) in [6, 6.07) is 16.6. The summed E-state index contributed by atoms with van der Waals surface area (Å²) in [5, 5.41) is 0. The zero-order valence-electron chi connectivity index (χ0n) is 16.8. The van der Waals surface area contributed by atoms with E-state index in [0.717, 1.165) is 24.3 Å². The van der Waals surface area contributed by atoms with Crippen LogP contribution in [0.5, 0.6) is 0 Å². The van der Waals surface area contributed by atoms with Gasteiger partial charge in [-0.3, -0.25) is 25.2 Å². The zero-order valence-corrected chi connectivity index (χ0v) is 16.8. The lowest BCUT2D eigenvalue weighted by molar-refractivity contribution is -0.148. The topological polar surface area (TPSA) is 87.7 Å². The Balaban J connectivity index is 1.70. The molecule has 2 aromatic rings. The van der Waals surface area contributed by atoms with E-state index in [1.807, 2.05) is 42.5 Å². The smallest absolute Gasteiger partial charge is 0.306 e. The van der Waals surface area contributed by atoms with E-state index >= 15 is 0 Å². The molecule has 0 atom stereocenters. The quantitative estimate of drug-likeness (QED) is 0.501. The Morgan fingerprint density at radius 3 is 2.17 bits per heavy atom. The van der Waals surface area contributed by atoms with Crippen molar-refractivity contribution in [2.45, 2.75) is 26.7 Å². The van der Waals surface area contributed by atoms with Gasteiger partial charge in [0.1, 0.15) is 0 Å². The normalized spacial score (nSPS) is 10.1. The molecule has 0 unspecified atom stereocenters. The molecule has 0 aliphatic heterocycles. The van der Waals surface area contributed by atoms with Crippen molar-refractivity contribution in [3.8, 4) is 0 Å². The van der Waals surface area contributed by atoms with Crippen LogP contribution in [0.15, 0.2) is 54.6 Å². The number of aryl methyl sites for hydroxylation is 1. The van der Waals surface area contributed by atoms with Crippen molar-refractivity contribution in [3.05, 3.63) is 65.7 Å². The van der Waals surface area contributed by atoms with Gasteiger partial charge in [-0.25, -0.2) is 0 Å². The molecule has 0 aliphatic carbocycles.